The average molecular weight is 340 g/mol. The molecule has 1 unspecified atom stereocenters. The Morgan fingerprint density at radius 3 is 2.72 bits per heavy atom. The third-order valence-electron chi connectivity index (χ3n) is 4.49. The van der Waals surface area contributed by atoms with Crippen molar-refractivity contribution in [2.75, 3.05) is 33.9 Å². The minimum absolute atomic E-state index is 0.0719. The van der Waals surface area contributed by atoms with Gasteiger partial charge in [0.05, 0.1) is 14.2 Å². The number of nitrogens with one attached hydrogen (secondary N) is 1. The maximum Gasteiger partial charge on any atom is 0.253 e. The minimum atomic E-state index is 0.0719. The summed E-state index contributed by atoms with van der Waals surface area (Å²) in [5.74, 6) is 1.53. The summed E-state index contributed by atoms with van der Waals surface area (Å²) in [7, 11) is 3.26. The van der Waals surface area contributed by atoms with Gasteiger partial charge in [0, 0.05) is 42.9 Å². The fourth-order valence-corrected chi connectivity index (χ4v) is 3.16. The lowest BCUT2D eigenvalue weighted by molar-refractivity contribution is 0.0709. The summed E-state index contributed by atoms with van der Waals surface area (Å²) < 4.78 is 10.7. The Kier molecular flexibility index (Phi) is 5.24. The topological polar surface area (TPSA) is 50.8 Å². The molecule has 2 aromatic carbocycles. The maximum absolute atomic E-state index is 12.8. The Morgan fingerprint density at radius 1 is 1.16 bits per heavy atom. The van der Waals surface area contributed by atoms with E-state index in [2.05, 4.69) is 12.2 Å². The smallest absolute Gasteiger partial charge is 0.253 e. The van der Waals surface area contributed by atoms with Gasteiger partial charge >= 0.3 is 0 Å². The quantitative estimate of drug-likeness (QED) is 0.930. The van der Waals surface area contributed by atoms with Gasteiger partial charge in [-0.25, -0.2) is 0 Å². The molecule has 3 rings (SSSR count). The molecule has 1 saturated heterocycles. The van der Waals surface area contributed by atoms with Gasteiger partial charge < -0.3 is 19.7 Å². The van der Waals surface area contributed by atoms with Crippen molar-refractivity contribution in [3.05, 3.63) is 48.0 Å². The zero-order valence-electron chi connectivity index (χ0n) is 14.9. The van der Waals surface area contributed by atoms with Crippen molar-refractivity contribution in [2.45, 2.75) is 13.0 Å². The average Bonchev–Trinajstić information content (AvgIpc) is 2.67. The second-order valence-electron chi connectivity index (χ2n) is 6.25. The number of nitrogens with zero attached hydrogens (tertiary/aromatic N) is 1. The first-order valence-electron chi connectivity index (χ1n) is 8.47. The fourth-order valence-electron chi connectivity index (χ4n) is 3.16. The summed E-state index contributed by atoms with van der Waals surface area (Å²) in [6, 6.07) is 13.7. The van der Waals surface area contributed by atoms with E-state index in [1.807, 2.05) is 47.4 Å². The van der Waals surface area contributed by atoms with Gasteiger partial charge in [-0.1, -0.05) is 12.1 Å². The van der Waals surface area contributed by atoms with E-state index in [9.17, 15) is 4.79 Å². The lowest BCUT2D eigenvalue weighted by Gasteiger charge is -2.32. The zero-order chi connectivity index (χ0) is 17.8. The first kappa shape index (κ1) is 17.3. The van der Waals surface area contributed by atoms with Crippen LogP contribution in [0.3, 0.4) is 0 Å². The van der Waals surface area contributed by atoms with Crippen molar-refractivity contribution in [3.8, 4) is 22.6 Å². The first-order valence-corrected chi connectivity index (χ1v) is 8.47. The van der Waals surface area contributed by atoms with Gasteiger partial charge in [-0.2, -0.15) is 0 Å². The molecule has 1 atom stereocenters. The standard InChI is InChI=1S/C20H24N2O3/c1-14-13-22(10-9-21-14)20(23)16-6-4-5-15(11-16)18-8-7-17(24-2)12-19(18)25-3/h4-8,11-12,14,21H,9-10,13H2,1-3H3. The molecule has 0 bridgehead atoms. The van der Waals surface area contributed by atoms with Crippen LogP contribution in [0, 0.1) is 0 Å². The van der Waals surface area contributed by atoms with E-state index in [1.165, 1.54) is 0 Å². The molecule has 5 nitrogen and oxygen atoms in total. The first-order chi connectivity index (χ1) is 12.1. The molecule has 0 aromatic heterocycles. The van der Waals surface area contributed by atoms with E-state index in [-0.39, 0.29) is 5.91 Å². The van der Waals surface area contributed by atoms with Crippen LogP contribution in [0.2, 0.25) is 0 Å². The molecule has 132 valence electrons. The highest BCUT2D eigenvalue weighted by atomic mass is 16.5. The minimum Gasteiger partial charge on any atom is -0.497 e. The number of rotatable bonds is 4. The Hall–Kier alpha value is -2.53. The summed E-state index contributed by atoms with van der Waals surface area (Å²) in [6.07, 6.45) is 0. The van der Waals surface area contributed by atoms with Crippen LogP contribution in [-0.4, -0.2) is 50.7 Å². The second-order valence-corrected chi connectivity index (χ2v) is 6.25. The molecule has 0 spiro atoms. The van der Waals surface area contributed by atoms with Crippen LogP contribution in [0.25, 0.3) is 11.1 Å². The lowest BCUT2D eigenvalue weighted by atomic mass is 10.0. The molecular formula is C20H24N2O3. The largest absolute Gasteiger partial charge is 0.497 e. The number of amides is 1. The van der Waals surface area contributed by atoms with Crippen LogP contribution in [0.5, 0.6) is 11.5 Å². The monoisotopic (exact) mass is 340 g/mol. The number of carbonyl (C=O) groups is 1. The van der Waals surface area contributed by atoms with E-state index in [1.54, 1.807) is 14.2 Å². The molecule has 1 N–H and O–H groups in total. The van der Waals surface area contributed by atoms with Crippen molar-refractivity contribution in [3.63, 3.8) is 0 Å². The Labute approximate surface area is 148 Å². The molecule has 2 aromatic rings. The van der Waals surface area contributed by atoms with E-state index >= 15 is 0 Å². The number of ether oxygens (including phenoxy) is 2. The SMILES string of the molecule is COc1ccc(-c2cccc(C(=O)N3CCNC(C)C3)c2)c(OC)c1. The van der Waals surface area contributed by atoms with Crippen LogP contribution < -0.4 is 14.8 Å². The van der Waals surface area contributed by atoms with E-state index in [4.69, 9.17) is 9.47 Å². The molecule has 0 radical (unpaired) electrons. The number of hydrogen-bond donors (Lipinski definition) is 1. The summed E-state index contributed by atoms with van der Waals surface area (Å²) in [5.41, 5.74) is 2.59. The van der Waals surface area contributed by atoms with Gasteiger partial charge in [0.2, 0.25) is 0 Å². The highest BCUT2D eigenvalue weighted by molar-refractivity contribution is 5.95. The van der Waals surface area contributed by atoms with Crippen LogP contribution in [0.15, 0.2) is 42.5 Å². The number of methoxy groups -OCH3 is 2. The molecule has 5 heteroatoms. The molecule has 0 saturated carbocycles. The van der Waals surface area contributed by atoms with Gasteiger partial charge in [0.1, 0.15) is 11.5 Å². The van der Waals surface area contributed by atoms with Crippen molar-refractivity contribution in [1.29, 1.82) is 0 Å². The summed E-state index contributed by atoms with van der Waals surface area (Å²) in [4.78, 5) is 14.7. The molecule has 0 aliphatic carbocycles. The summed E-state index contributed by atoms with van der Waals surface area (Å²) in [6.45, 7) is 4.39. The third-order valence-corrected chi connectivity index (χ3v) is 4.49. The van der Waals surface area contributed by atoms with E-state index in [0.717, 1.165) is 42.3 Å². The molecule has 1 amide bonds. The zero-order valence-corrected chi connectivity index (χ0v) is 14.9. The fraction of sp³-hybridized carbons (Fsp3) is 0.350. The molecule has 1 heterocycles. The lowest BCUT2D eigenvalue weighted by Crippen LogP contribution is -2.51. The Balaban J connectivity index is 1.90. The number of benzene rings is 2. The van der Waals surface area contributed by atoms with Gasteiger partial charge in [-0.15, -0.1) is 0 Å². The molecular weight excluding hydrogens is 316 g/mol. The van der Waals surface area contributed by atoms with Gasteiger partial charge in [0.25, 0.3) is 5.91 Å². The second kappa shape index (κ2) is 7.57. The van der Waals surface area contributed by atoms with E-state index < -0.39 is 0 Å². The third kappa shape index (κ3) is 3.77. The van der Waals surface area contributed by atoms with Gasteiger partial charge in [-0.3, -0.25) is 4.79 Å². The van der Waals surface area contributed by atoms with Crippen molar-refractivity contribution >= 4 is 5.91 Å². The number of carbonyl (C=O) groups excluding carboxylic acids is 1. The molecule has 1 aliphatic heterocycles. The van der Waals surface area contributed by atoms with Crippen LogP contribution in [0.4, 0.5) is 0 Å². The van der Waals surface area contributed by atoms with E-state index in [0.29, 0.717) is 11.6 Å². The van der Waals surface area contributed by atoms with Crippen molar-refractivity contribution < 1.29 is 14.3 Å². The molecule has 1 aliphatic rings. The van der Waals surface area contributed by atoms with Crippen LogP contribution in [0.1, 0.15) is 17.3 Å². The highest BCUT2D eigenvalue weighted by Gasteiger charge is 2.22. The van der Waals surface area contributed by atoms with Gasteiger partial charge in [-0.05, 0) is 36.8 Å². The molecule has 25 heavy (non-hydrogen) atoms. The summed E-state index contributed by atoms with van der Waals surface area (Å²) >= 11 is 0. The maximum atomic E-state index is 12.8. The summed E-state index contributed by atoms with van der Waals surface area (Å²) in [5, 5.41) is 3.36. The predicted octanol–water partition coefficient (Wildman–Crippen LogP) is 2.80. The van der Waals surface area contributed by atoms with Crippen molar-refractivity contribution in [1.82, 2.24) is 10.2 Å². The van der Waals surface area contributed by atoms with Crippen LogP contribution >= 0.6 is 0 Å². The molecule has 1 fully saturated rings. The Bertz CT molecular complexity index is 760. The number of hydrogen-bond acceptors (Lipinski definition) is 4. The van der Waals surface area contributed by atoms with Crippen LogP contribution in [-0.2, 0) is 0 Å². The predicted molar refractivity (Wildman–Crippen MR) is 98.4 cm³/mol. The Morgan fingerprint density at radius 2 is 2.00 bits per heavy atom. The normalized spacial score (nSPS) is 17.2. The highest BCUT2D eigenvalue weighted by Crippen LogP contribution is 2.33. The number of piperazine rings is 1. The van der Waals surface area contributed by atoms with Crippen molar-refractivity contribution in [2.24, 2.45) is 0 Å². The van der Waals surface area contributed by atoms with Gasteiger partial charge in [0.15, 0.2) is 0 Å².